The third kappa shape index (κ3) is 4.02. The van der Waals surface area contributed by atoms with E-state index in [1.54, 1.807) is 32.4 Å². The maximum atomic E-state index is 11.1. The van der Waals surface area contributed by atoms with Crippen LogP contribution in [0.4, 0.5) is 0 Å². The summed E-state index contributed by atoms with van der Waals surface area (Å²) >= 11 is 0. The highest BCUT2D eigenvalue weighted by atomic mass is 16.5. The van der Waals surface area contributed by atoms with Gasteiger partial charge in [-0.1, -0.05) is 13.8 Å². The molecule has 0 spiro atoms. The van der Waals surface area contributed by atoms with Crippen molar-refractivity contribution in [3.63, 3.8) is 0 Å². The van der Waals surface area contributed by atoms with Crippen LogP contribution in [0, 0.1) is 0 Å². The third-order valence-corrected chi connectivity index (χ3v) is 1.76. The van der Waals surface area contributed by atoms with Gasteiger partial charge in [0.1, 0.15) is 11.5 Å². The molecule has 0 amide bonds. The first-order valence-corrected chi connectivity index (χ1v) is 4.91. The summed E-state index contributed by atoms with van der Waals surface area (Å²) in [5.74, 6) is 1.26. The molecular weight excluding hydrogens is 192 g/mol. The van der Waals surface area contributed by atoms with Crippen LogP contribution in [0.25, 0.3) is 0 Å². The van der Waals surface area contributed by atoms with Gasteiger partial charge in [0.25, 0.3) is 0 Å². The second-order valence-corrected chi connectivity index (χ2v) is 2.66. The fourth-order valence-corrected chi connectivity index (χ4v) is 1.01. The van der Waals surface area contributed by atoms with Gasteiger partial charge in [-0.25, -0.2) is 0 Å². The summed E-state index contributed by atoms with van der Waals surface area (Å²) in [6.07, 6.45) is 0. The maximum absolute atomic E-state index is 11.1. The summed E-state index contributed by atoms with van der Waals surface area (Å²) in [6.45, 7) is 5.51. The number of Topliss-reactive ketones (excluding diaryl/α,β-unsaturated/α-hetero) is 1. The van der Waals surface area contributed by atoms with E-state index < -0.39 is 0 Å². The minimum Gasteiger partial charge on any atom is -0.497 e. The van der Waals surface area contributed by atoms with E-state index in [9.17, 15) is 4.79 Å². The quantitative estimate of drug-likeness (QED) is 0.719. The van der Waals surface area contributed by atoms with E-state index in [0.29, 0.717) is 17.1 Å². The summed E-state index contributed by atoms with van der Waals surface area (Å²) in [5.41, 5.74) is 0.594. The van der Waals surface area contributed by atoms with Crippen molar-refractivity contribution in [2.24, 2.45) is 0 Å². The largest absolute Gasteiger partial charge is 0.497 e. The number of carbonyl (C=O) groups is 1. The van der Waals surface area contributed by atoms with Crippen molar-refractivity contribution in [3.05, 3.63) is 23.8 Å². The molecule has 3 nitrogen and oxygen atoms in total. The van der Waals surface area contributed by atoms with Crippen molar-refractivity contribution in [2.75, 3.05) is 14.2 Å². The summed E-state index contributed by atoms with van der Waals surface area (Å²) < 4.78 is 10.0. The van der Waals surface area contributed by atoms with Gasteiger partial charge in [0, 0.05) is 11.6 Å². The average molecular weight is 210 g/mol. The first-order chi connectivity index (χ1) is 7.17. The molecule has 15 heavy (non-hydrogen) atoms. The van der Waals surface area contributed by atoms with Crippen LogP contribution in [0.3, 0.4) is 0 Å². The lowest BCUT2D eigenvalue weighted by atomic mass is 10.1. The number of ketones is 1. The Balaban J connectivity index is 0.000000921. The average Bonchev–Trinajstić information content (AvgIpc) is 2.30. The van der Waals surface area contributed by atoms with E-state index in [-0.39, 0.29) is 5.78 Å². The monoisotopic (exact) mass is 210 g/mol. The Hall–Kier alpha value is -1.51. The normalized spacial score (nSPS) is 8.60. The lowest BCUT2D eigenvalue weighted by Gasteiger charge is -2.05. The number of hydrogen-bond acceptors (Lipinski definition) is 3. The van der Waals surface area contributed by atoms with Gasteiger partial charge >= 0.3 is 0 Å². The molecule has 0 atom stereocenters. The summed E-state index contributed by atoms with van der Waals surface area (Å²) in [6, 6.07) is 5.10. The van der Waals surface area contributed by atoms with Crippen molar-refractivity contribution >= 4 is 5.78 Å². The van der Waals surface area contributed by atoms with Crippen LogP contribution >= 0.6 is 0 Å². The number of hydrogen-bond donors (Lipinski definition) is 0. The lowest BCUT2D eigenvalue weighted by molar-refractivity contribution is 0.101. The lowest BCUT2D eigenvalue weighted by Crippen LogP contribution is -1.95. The fraction of sp³-hybridized carbons (Fsp3) is 0.417. The van der Waals surface area contributed by atoms with Crippen LogP contribution in [-0.4, -0.2) is 20.0 Å². The predicted octanol–water partition coefficient (Wildman–Crippen LogP) is 2.93. The molecule has 0 radical (unpaired) electrons. The summed E-state index contributed by atoms with van der Waals surface area (Å²) in [5, 5.41) is 0. The van der Waals surface area contributed by atoms with Crippen molar-refractivity contribution < 1.29 is 14.3 Å². The van der Waals surface area contributed by atoms with Crippen molar-refractivity contribution in [1.29, 1.82) is 0 Å². The number of benzene rings is 1. The second kappa shape index (κ2) is 6.87. The highest BCUT2D eigenvalue weighted by Crippen LogP contribution is 2.22. The van der Waals surface area contributed by atoms with Gasteiger partial charge in [-0.3, -0.25) is 4.79 Å². The van der Waals surface area contributed by atoms with Crippen LogP contribution in [0.2, 0.25) is 0 Å². The maximum Gasteiger partial charge on any atom is 0.160 e. The SMILES string of the molecule is CC.COc1cc(OC)cc(C(C)=O)c1. The van der Waals surface area contributed by atoms with Crippen molar-refractivity contribution in [2.45, 2.75) is 20.8 Å². The van der Waals surface area contributed by atoms with Crippen LogP contribution in [0.1, 0.15) is 31.1 Å². The van der Waals surface area contributed by atoms with Gasteiger partial charge in [0.05, 0.1) is 14.2 Å². The molecule has 0 saturated heterocycles. The number of carbonyl (C=O) groups excluding carboxylic acids is 1. The fourth-order valence-electron chi connectivity index (χ4n) is 1.01. The molecule has 0 N–H and O–H groups in total. The molecule has 1 rings (SSSR count). The summed E-state index contributed by atoms with van der Waals surface area (Å²) in [7, 11) is 3.11. The van der Waals surface area contributed by atoms with Gasteiger partial charge in [-0.05, 0) is 19.1 Å². The van der Waals surface area contributed by atoms with E-state index in [1.807, 2.05) is 13.8 Å². The van der Waals surface area contributed by atoms with Gasteiger partial charge in [0.2, 0.25) is 0 Å². The van der Waals surface area contributed by atoms with Crippen LogP contribution in [0.15, 0.2) is 18.2 Å². The Bertz CT molecular complexity index is 296. The Morgan fingerprint density at radius 1 is 1.00 bits per heavy atom. The van der Waals surface area contributed by atoms with E-state index in [1.165, 1.54) is 6.92 Å². The first-order valence-electron chi connectivity index (χ1n) is 4.91. The molecule has 84 valence electrons. The number of rotatable bonds is 3. The minimum atomic E-state index is -0.00259. The predicted molar refractivity (Wildman–Crippen MR) is 60.9 cm³/mol. The molecule has 1 aromatic rings. The zero-order chi connectivity index (χ0) is 11.8. The van der Waals surface area contributed by atoms with E-state index in [2.05, 4.69) is 0 Å². The Morgan fingerprint density at radius 3 is 1.67 bits per heavy atom. The molecule has 0 aliphatic carbocycles. The summed E-state index contributed by atoms with van der Waals surface area (Å²) in [4.78, 5) is 11.1. The number of ether oxygens (including phenoxy) is 2. The molecule has 0 bridgehead atoms. The van der Waals surface area contributed by atoms with E-state index in [0.717, 1.165) is 0 Å². The Labute approximate surface area is 91.0 Å². The highest BCUT2D eigenvalue weighted by Gasteiger charge is 2.04. The van der Waals surface area contributed by atoms with Gasteiger partial charge in [-0.15, -0.1) is 0 Å². The Kier molecular flexibility index (Phi) is 6.18. The molecule has 0 aliphatic rings. The van der Waals surface area contributed by atoms with E-state index in [4.69, 9.17) is 9.47 Å². The molecule has 0 unspecified atom stereocenters. The molecule has 3 heteroatoms. The van der Waals surface area contributed by atoms with Crippen molar-refractivity contribution in [3.8, 4) is 11.5 Å². The first kappa shape index (κ1) is 13.5. The van der Waals surface area contributed by atoms with Crippen LogP contribution < -0.4 is 9.47 Å². The zero-order valence-corrected chi connectivity index (χ0v) is 9.96. The molecule has 0 heterocycles. The third-order valence-electron chi connectivity index (χ3n) is 1.76. The molecule has 1 aromatic carbocycles. The van der Waals surface area contributed by atoms with Gasteiger partial charge < -0.3 is 9.47 Å². The second-order valence-electron chi connectivity index (χ2n) is 2.66. The van der Waals surface area contributed by atoms with Crippen molar-refractivity contribution in [1.82, 2.24) is 0 Å². The topological polar surface area (TPSA) is 35.5 Å². The van der Waals surface area contributed by atoms with Crippen LogP contribution in [0.5, 0.6) is 11.5 Å². The molecule has 0 aromatic heterocycles. The van der Waals surface area contributed by atoms with Crippen LogP contribution in [-0.2, 0) is 0 Å². The van der Waals surface area contributed by atoms with Gasteiger partial charge in [0.15, 0.2) is 5.78 Å². The molecule has 0 saturated carbocycles. The molecule has 0 aliphatic heterocycles. The molecular formula is C12H18O3. The minimum absolute atomic E-state index is 0.00259. The van der Waals surface area contributed by atoms with E-state index >= 15 is 0 Å². The smallest absolute Gasteiger partial charge is 0.160 e. The highest BCUT2D eigenvalue weighted by molar-refractivity contribution is 5.94. The van der Waals surface area contributed by atoms with Gasteiger partial charge in [-0.2, -0.15) is 0 Å². The molecule has 0 fully saturated rings. The zero-order valence-electron chi connectivity index (χ0n) is 9.96. The number of methoxy groups -OCH3 is 2. The standard InChI is InChI=1S/C10H12O3.C2H6/c1-7(11)8-4-9(12-2)6-10(5-8)13-3;1-2/h4-6H,1-3H3;1-2H3. The Morgan fingerprint density at radius 2 is 1.40 bits per heavy atom.